The number of ether oxygens (including phenoxy) is 1. The third-order valence-corrected chi connectivity index (χ3v) is 2.42. The Kier molecular flexibility index (Phi) is 8.70. The molecule has 0 spiro atoms. The fourth-order valence-corrected chi connectivity index (χ4v) is 1.41. The van der Waals surface area contributed by atoms with Crippen LogP contribution in [-0.4, -0.2) is 12.1 Å². The number of unbranched alkanes of at least 4 members (excludes halogenated alkanes) is 3. The molecule has 0 aromatic rings. The molecule has 0 N–H and O–H groups in total. The van der Waals surface area contributed by atoms with Crippen LogP contribution in [0.15, 0.2) is 0 Å². The zero-order chi connectivity index (χ0) is 10.8. The van der Waals surface area contributed by atoms with Gasteiger partial charge < -0.3 is 4.74 Å². The molecule has 0 aliphatic rings. The first-order valence-corrected chi connectivity index (χ1v) is 5.94. The lowest BCUT2D eigenvalue weighted by Crippen LogP contribution is -2.16. The van der Waals surface area contributed by atoms with Gasteiger partial charge in [0, 0.05) is 6.42 Å². The molecule has 0 amide bonds. The third kappa shape index (κ3) is 6.93. The lowest BCUT2D eigenvalue weighted by molar-refractivity contribution is -0.149. The number of carbonyl (C=O) groups is 1. The Balaban J connectivity index is 3.52. The second-order valence-corrected chi connectivity index (χ2v) is 3.72. The Labute approximate surface area is 88.0 Å². The van der Waals surface area contributed by atoms with Crippen LogP contribution in [0.5, 0.6) is 0 Å². The van der Waals surface area contributed by atoms with Crippen molar-refractivity contribution >= 4 is 5.97 Å². The minimum Gasteiger partial charge on any atom is -0.462 e. The molecule has 0 aliphatic heterocycles. The Morgan fingerprint density at radius 3 is 2.36 bits per heavy atom. The lowest BCUT2D eigenvalue weighted by atomic mass is 10.1. The van der Waals surface area contributed by atoms with Crippen molar-refractivity contribution in [3.05, 3.63) is 0 Å². The van der Waals surface area contributed by atoms with Crippen molar-refractivity contribution in [3.63, 3.8) is 0 Å². The Morgan fingerprint density at radius 1 is 1.14 bits per heavy atom. The molecular formula is C12H24O2. The second kappa shape index (κ2) is 9.04. The minimum absolute atomic E-state index is 0.0626. The van der Waals surface area contributed by atoms with E-state index in [9.17, 15) is 4.79 Å². The Bertz CT molecular complexity index is 143. The molecule has 14 heavy (non-hydrogen) atoms. The molecule has 1 atom stereocenters. The lowest BCUT2D eigenvalue weighted by Gasteiger charge is -2.15. The van der Waals surface area contributed by atoms with Crippen molar-refractivity contribution in [2.24, 2.45) is 0 Å². The van der Waals surface area contributed by atoms with E-state index in [-0.39, 0.29) is 12.1 Å². The first-order valence-electron chi connectivity index (χ1n) is 5.94. The smallest absolute Gasteiger partial charge is 0.305 e. The standard InChI is InChI=1S/C12H24O2/c1-4-7-8-9-10-11(5-2)14-12(13)6-3/h11H,4-10H2,1-3H3/t11-/m0/s1. The number of hydrogen-bond donors (Lipinski definition) is 0. The maximum Gasteiger partial charge on any atom is 0.305 e. The van der Waals surface area contributed by atoms with Crippen molar-refractivity contribution in [1.82, 2.24) is 0 Å². The van der Waals surface area contributed by atoms with E-state index < -0.39 is 0 Å². The molecule has 0 radical (unpaired) electrons. The summed E-state index contributed by atoms with van der Waals surface area (Å²) in [4.78, 5) is 11.0. The SMILES string of the molecule is CCCCCC[C@H](CC)OC(=O)CC. The molecule has 0 saturated heterocycles. The highest BCUT2D eigenvalue weighted by Crippen LogP contribution is 2.11. The molecule has 0 bridgehead atoms. The van der Waals surface area contributed by atoms with Gasteiger partial charge in [0.2, 0.25) is 0 Å². The molecule has 0 heterocycles. The van der Waals surface area contributed by atoms with Gasteiger partial charge in [-0.15, -0.1) is 0 Å². The average Bonchev–Trinajstić information content (AvgIpc) is 2.22. The van der Waals surface area contributed by atoms with Crippen molar-refractivity contribution in [3.8, 4) is 0 Å². The predicted molar refractivity (Wildman–Crippen MR) is 59.2 cm³/mol. The van der Waals surface area contributed by atoms with Crippen LogP contribution in [-0.2, 0) is 9.53 Å². The normalized spacial score (nSPS) is 12.5. The van der Waals surface area contributed by atoms with Crippen LogP contribution in [0.2, 0.25) is 0 Å². The van der Waals surface area contributed by atoms with Gasteiger partial charge in [-0.05, 0) is 19.3 Å². The quantitative estimate of drug-likeness (QED) is 0.441. The van der Waals surface area contributed by atoms with Crippen LogP contribution in [0, 0.1) is 0 Å². The Morgan fingerprint density at radius 2 is 1.86 bits per heavy atom. The highest BCUT2D eigenvalue weighted by atomic mass is 16.5. The molecule has 2 nitrogen and oxygen atoms in total. The molecule has 0 saturated carbocycles. The Hall–Kier alpha value is -0.530. The zero-order valence-electron chi connectivity index (χ0n) is 9.84. The summed E-state index contributed by atoms with van der Waals surface area (Å²) in [6.45, 7) is 6.12. The van der Waals surface area contributed by atoms with Gasteiger partial charge in [0.1, 0.15) is 6.10 Å². The third-order valence-electron chi connectivity index (χ3n) is 2.42. The average molecular weight is 200 g/mol. The second-order valence-electron chi connectivity index (χ2n) is 3.72. The van der Waals surface area contributed by atoms with Crippen LogP contribution >= 0.6 is 0 Å². The molecule has 0 fully saturated rings. The monoisotopic (exact) mass is 200 g/mol. The van der Waals surface area contributed by atoms with Gasteiger partial charge in [-0.25, -0.2) is 0 Å². The fourth-order valence-electron chi connectivity index (χ4n) is 1.41. The van der Waals surface area contributed by atoms with Crippen molar-refractivity contribution in [2.75, 3.05) is 0 Å². The molecule has 84 valence electrons. The van der Waals surface area contributed by atoms with E-state index >= 15 is 0 Å². The first-order chi connectivity index (χ1) is 6.74. The summed E-state index contributed by atoms with van der Waals surface area (Å²) in [5, 5.41) is 0. The summed E-state index contributed by atoms with van der Waals surface area (Å²) >= 11 is 0. The van der Waals surface area contributed by atoms with Gasteiger partial charge in [-0.3, -0.25) is 4.79 Å². The van der Waals surface area contributed by atoms with Crippen molar-refractivity contribution < 1.29 is 9.53 Å². The van der Waals surface area contributed by atoms with Gasteiger partial charge in [-0.2, -0.15) is 0 Å². The van der Waals surface area contributed by atoms with Crippen LogP contribution in [0.3, 0.4) is 0 Å². The van der Waals surface area contributed by atoms with Crippen LogP contribution in [0.4, 0.5) is 0 Å². The molecule has 0 aliphatic carbocycles. The predicted octanol–water partition coefficient (Wildman–Crippen LogP) is 3.69. The van der Waals surface area contributed by atoms with E-state index in [0.29, 0.717) is 6.42 Å². The summed E-state index contributed by atoms with van der Waals surface area (Å²) in [6, 6.07) is 0. The van der Waals surface area contributed by atoms with E-state index in [2.05, 4.69) is 13.8 Å². The topological polar surface area (TPSA) is 26.3 Å². The largest absolute Gasteiger partial charge is 0.462 e. The fraction of sp³-hybridized carbons (Fsp3) is 0.917. The zero-order valence-corrected chi connectivity index (χ0v) is 9.84. The van der Waals surface area contributed by atoms with E-state index in [1.165, 1.54) is 25.7 Å². The van der Waals surface area contributed by atoms with E-state index in [0.717, 1.165) is 12.8 Å². The number of rotatable bonds is 8. The van der Waals surface area contributed by atoms with Crippen LogP contribution in [0.1, 0.15) is 65.7 Å². The van der Waals surface area contributed by atoms with Crippen LogP contribution < -0.4 is 0 Å². The summed E-state index contributed by atoms with van der Waals surface area (Å²) < 4.78 is 5.29. The maximum absolute atomic E-state index is 11.0. The summed E-state index contributed by atoms with van der Waals surface area (Å²) in [5.41, 5.74) is 0. The van der Waals surface area contributed by atoms with Gasteiger partial charge in [0.05, 0.1) is 0 Å². The van der Waals surface area contributed by atoms with Gasteiger partial charge >= 0.3 is 5.97 Å². The van der Waals surface area contributed by atoms with Gasteiger partial charge in [0.25, 0.3) is 0 Å². The molecule has 0 aromatic heterocycles. The van der Waals surface area contributed by atoms with E-state index in [4.69, 9.17) is 4.74 Å². The van der Waals surface area contributed by atoms with Gasteiger partial charge in [-0.1, -0.05) is 40.0 Å². The molecule has 0 unspecified atom stereocenters. The highest BCUT2D eigenvalue weighted by molar-refractivity contribution is 5.69. The number of hydrogen-bond acceptors (Lipinski definition) is 2. The maximum atomic E-state index is 11.0. The summed E-state index contributed by atoms with van der Waals surface area (Å²) in [7, 11) is 0. The van der Waals surface area contributed by atoms with Crippen LogP contribution in [0.25, 0.3) is 0 Å². The number of carbonyl (C=O) groups excluding carboxylic acids is 1. The molecule has 2 heteroatoms. The first kappa shape index (κ1) is 13.5. The van der Waals surface area contributed by atoms with Crippen molar-refractivity contribution in [2.45, 2.75) is 71.8 Å². The van der Waals surface area contributed by atoms with E-state index in [1.807, 2.05) is 6.92 Å². The molecule has 0 aromatic carbocycles. The summed E-state index contributed by atoms with van der Waals surface area (Å²) in [6.07, 6.45) is 7.61. The molecule has 0 rings (SSSR count). The minimum atomic E-state index is -0.0626. The van der Waals surface area contributed by atoms with Crippen molar-refractivity contribution in [1.29, 1.82) is 0 Å². The molecular weight excluding hydrogens is 176 g/mol. The van der Waals surface area contributed by atoms with E-state index in [1.54, 1.807) is 0 Å². The number of esters is 1. The van der Waals surface area contributed by atoms with Gasteiger partial charge in [0.15, 0.2) is 0 Å². The summed E-state index contributed by atoms with van der Waals surface area (Å²) in [5.74, 6) is -0.0626. The highest BCUT2D eigenvalue weighted by Gasteiger charge is 2.10.